The van der Waals surface area contributed by atoms with Gasteiger partial charge in [0.15, 0.2) is 11.5 Å². The fraction of sp³-hybridized carbons (Fsp3) is 0.387. The maximum atomic E-state index is 12.9. The third kappa shape index (κ3) is 5.81. The van der Waals surface area contributed by atoms with Crippen LogP contribution in [0.2, 0.25) is 0 Å². The van der Waals surface area contributed by atoms with Gasteiger partial charge in [0.05, 0.1) is 58.1 Å². The SMILES string of the molecule is COc1ccc(C2NC(=O)Nc3c2c(C)nn3-c2ccc(Nc3nc(N4CCOCC4)nc(N4CCOCC4)n3)cc2)cc1OC. The molecule has 2 saturated heterocycles. The Morgan fingerprint density at radius 2 is 1.48 bits per heavy atom. The standard InChI is InChI=1S/C31H36N10O5/c1-19-25-26(20-4-9-23(43-2)24(18-20)44-3)33-31(42)34-27(25)41(38-19)22-7-5-21(6-8-22)32-28-35-29(39-10-14-45-15-11-39)37-30(36-28)40-12-16-46-17-13-40/h4-9,18,26H,10-17H2,1-3H3,(H2,33,34,42)(H,32,35,36,37). The number of urea groups is 1. The number of carbonyl (C=O) groups excluding carboxylic acids is 1. The van der Waals surface area contributed by atoms with Gasteiger partial charge in [-0.1, -0.05) is 6.07 Å². The van der Waals surface area contributed by atoms with Crippen molar-refractivity contribution in [2.75, 3.05) is 87.3 Å². The number of nitrogens with zero attached hydrogens (tertiary/aromatic N) is 7. The lowest BCUT2D eigenvalue weighted by molar-refractivity contribution is 0.121. The number of amides is 2. The lowest BCUT2D eigenvalue weighted by Gasteiger charge is -2.30. The molecule has 2 fully saturated rings. The number of anilines is 5. The van der Waals surface area contributed by atoms with Crippen molar-refractivity contribution in [3.8, 4) is 17.2 Å². The summed E-state index contributed by atoms with van der Waals surface area (Å²) in [5.41, 5.74) is 4.07. The van der Waals surface area contributed by atoms with Crippen molar-refractivity contribution in [1.29, 1.82) is 0 Å². The number of rotatable bonds is 8. The zero-order valence-electron chi connectivity index (χ0n) is 25.9. The Bertz CT molecular complexity index is 1680. The number of nitrogens with one attached hydrogen (secondary N) is 3. The summed E-state index contributed by atoms with van der Waals surface area (Å²) in [6, 6.07) is 12.6. The molecule has 2 aromatic carbocycles. The quantitative estimate of drug-likeness (QED) is 0.263. The third-order valence-electron chi connectivity index (χ3n) is 8.21. The van der Waals surface area contributed by atoms with E-state index in [1.54, 1.807) is 18.9 Å². The molecule has 0 aliphatic carbocycles. The fourth-order valence-electron chi connectivity index (χ4n) is 5.86. The van der Waals surface area contributed by atoms with E-state index in [4.69, 9.17) is 39.0 Å². The van der Waals surface area contributed by atoms with Crippen molar-refractivity contribution in [2.24, 2.45) is 0 Å². The minimum absolute atomic E-state index is 0.325. The normalized spacial score (nSPS) is 18.0. The van der Waals surface area contributed by atoms with Gasteiger partial charge in [-0.3, -0.25) is 5.32 Å². The molecular formula is C31H36N10O5. The first-order chi connectivity index (χ1) is 22.5. The Morgan fingerprint density at radius 1 is 0.848 bits per heavy atom. The molecule has 15 heteroatoms. The lowest BCUT2D eigenvalue weighted by Crippen LogP contribution is -2.40. The van der Waals surface area contributed by atoms with Gasteiger partial charge < -0.3 is 39.4 Å². The van der Waals surface area contributed by atoms with Crippen LogP contribution in [0.15, 0.2) is 42.5 Å². The number of aryl methyl sites for hydroxylation is 1. The summed E-state index contributed by atoms with van der Waals surface area (Å²) in [5.74, 6) is 3.48. The minimum atomic E-state index is -0.427. The van der Waals surface area contributed by atoms with Gasteiger partial charge >= 0.3 is 6.03 Å². The molecule has 0 saturated carbocycles. The maximum absolute atomic E-state index is 12.9. The summed E-state index contributed by atoms with van der Waals surface area (Å²) in [7, 11) is 3.18. The molecule has 46 heavy (non-hydrogen) atoms. The average Bonchev–Trinajstić information content (AvgIpc) is 3.44. The molecule has 1 atom stereocenters. The monoisotopic (exact) mass is 628 g/mol. The van der Waals surface area contributed by atoms with E-state index >= 15 is 0 Å². The smallest absolute Gasteiger partial charge is 0.321 e. The van der Waals surface area contributed by atoms with Crippen molar-refractivity contribution in [1.82, 2.24) is 30.0 Å². The van der Waals surface area contributed by atoms with Crippen LogP contribution in [0.1, 0.15) is 22.9 Å². The van der Waals surface area contributed by atoms with Gasteiger partial charge in [0.25, 0.3) is 0 Å². The van der Waals surface area contributed by atoms with Gasteiger partial charge in [-0.25, -0.2) is 9.48 Å². The van der Waals surface area contributed by atoms with E-state index in [0.717, 1.165) is 28.2 Å². The van der Waals surface area contributed by atoms with Crippen molar-refractivity contribution in [3.05, 3.63) is 59.3 Å². The first-order valence-electron chi connectivity index (χ1n) is 15.2. The summed E-state index contributed by atoms with van der Waals surface area (Å²) in [4.78, 5) is 31.4. The predicted molar refractivity (Wildman–Crippen MR) is 171 cm³/mol. The molecule has 0 bridgehead atoms. The van der Waals surface area contributed by atoms with Crippen LogP contribution in [0.3, 0.4) is 0 Å². The van der Waals surface area contributed by atoms with Crippen LogP contribution in [0.25, 0.3) is 5.69 Å². The van der Waals surface area contributed by atoms with Crippen LogP contribution in [-0.4, -0.2) is 97.6 Å². The van der Waals surface area contributed by atoms with E-state index in [2.05, 4.69) is 25.8 Å². The molecule has 5 heterocycles. The summed E-state index contributed by atoms with van der Waals surface area (Å²) < 4.78 is 23.7. The highest BCUT2D eigenvalue weighted by Gasteiger charge is 2.32. The minimum Gasteiger partial charge on any atom is -0.493 e. The molecule has 240 valence electrons. The van der Waals surface area contributed by atoms with E-state index in [1.165, 1.54) is 0 Å². The van der Waals surface area contributed by atoms with Gasteiger partial charge in [-0.2, -0.15) is 20.1 Å². The number of morpholine rings is 2. The highest BCUT2D eigenvalue weighted by atomic mass is 16.5. The number of hydrogen-bond acceptors (Lipinski definition) is 12. The molecule has 3 aliphatic rings. The molecule has 7 rings (SSSR count). The molecule has 15 nitrogen and oxygen atoms in total. The van der Waals surface area contributed by atoms with E-state index in [-0.39, 0.29) is 6.03 Å². The number of benzene rings is 2. The van der Waals surface area contributed by atoms with Crippen LogP contribution in [-0.2, 0) is 9.47 Å². The number of methoxy groups -OCH3 is 2. The first kappa shape index (κ1) is 29.6. The second-order valence-electron chi connectivity index (χ2n) is 11.0. The second kappa shape index (κ2) is 12.7. The van der Waals surface area contributed by atoms with Crippen molar-refractivity contribution in [2.45, 2.75) is 13.0 Å². The Balaban J connectivity index is 1.16. The van der Waals surface area contributed by atoms with Gasteiger partial charge in [-0.15, -0.1) is 0 Å². The molecule has 3 aliphatic heterocycles. The summed E-state index contributed by atoms with van der Waals surface area (Å²) in [6.07, 6.45) is 0. The van der Waals surface area contributed by atoms with Gasteiger partial charge in [0.1, 0.15) is 5.82 Å². The highest BCUT2D eigenvalue weighted by molar-refractivity contribution is 5.93. The third-order valence-corrected chi connectivity index (χ3v) is 8.21. The first-order valence-corrected chi connectivity index (χ1v) is 15.2. The number of ether oxygens (including phenoxy) is 4. The second-order valence-corrected chi connectivity index (χ2v) is 11.0. The number of fused-ring (bicyclic) bond motifs is 1. The largest absolute Gasteiger partial charge is 0.493 e. The molecule has 0 spiro atoms. The van der Waals surface area contributed by atoms with E-state index in [9.17, 15) is 4.79 Å². The molecular weight excluding hydrogens is 592 g/mol. The van der Waals surface area contributed by atoms with Crippen LogP contribution >= 0.6 is 0 Å². The van der Waals surface area contributed by atoms with Crippen molar-refractivity contribution < 1.29 is 23.7 Å². The Morgan fingerprint density at radius 3 is 2.09 bits per heavy atom. The Kier molecular flexibility index (Phi) is 8.15. The predicted octanol–water partition coefficient (Wildman–Crippen LogP) is 3.02. The van der Waals surface area contributed by atoms with E-state index in [0.29, 0.717) is 87.8 Å². The van der Waals surface area contributed by atoms with Crippen LogP contribution in [0, 0.1) is 6.92 Å². The van der Waals surface area contributed by atoms with Crippen molar-refractivity contribution >= 4 is 35.4 Å². The van der Waals surface area contributed by atoms with Crippen LogP contribution < -0.4 is 35.2 Å². The summed E-state index contributed by atoms with van der Waals surface area (Å²) >= 11 is 0. The molecule has 0 radical (unpaired) electrons. The van der Waals surface area contributed by atoms with Crippen LogP contribution in [0.5, 0.6) is 11.5 Å². The van der Waals surface area contributed by atoms with E-state index in [1.807, 2.05) is 49.4 Å². The van der Waals surface area contributed by atoms with E-state index < -0.39 is 6.04 Å². The molecule has 4 aromatic rings. The molecule has 2 amide bonds. The highest BCUT2D eigenvalue weighted by Crippen LogP contribution is 2.39. The summed E-state index contributed by atoms with van der Waals surface area (Å²) in [6.45, 7) is 7.31. The Labute approximate surface area is 265 Å². The number of carbonyl (C=O) groups is 1. The van der Waals surface area contributed by atoms with Gasteiger partial charge in [-0.05, 0) is 48.9 Å². The lowest BCUT2D eigenvalue weighted by atomic mass is 9.96. The molecule has 3 N–H and O–H groups in total. The maximum Gasteiger partial charge on any atom is 0.321 e. The number of aromatic nitrogens is 5. The topological polar surface area (TPSA) is 153 Å². The molecule has 2 aromatic heterocycles. The van der Waals surface area contributed by atoms with Crippen LogP contribution in [0.4, 0.5) is 34.1 Å². The Hall–Kier alpha value is -5.15. The molecule has 1 unspecified atom stereocenters. The van der Waals surface area contributed by atoms with Gasteiger partial charge in [0.2, 0.25) is 17.8 Å². The fourth-order valence-corrected chi connectivity index (χ4v) is 5.86. The zero-order chi connectivity index (χ0) is 31.6. The van der Waals surface area contributed by atoms with Gasteiger partial charge in [0, 0.05) is 37.4 Å². The average molecular weight is 629 g/mol. The van der Waals surface area contributed by atoms with Crippen molar-refractivity contribution in [3.63, 3.8) is 0 Å². The number of hydrogen-bond donors (Lipinski definition) is 3. The summed E-state index contributed by atoms with van der Waals surface area (Å²) in [5, 5.41) is 14.1. The zero-order valence-corrected chi connectivity index (χ0v) is 25.9.